The molecule has 4 aromatic carbocycles. The molecule has 0 fully saturated rings. The van der Waals surface area contributed by atoms with Gasteiger partial charge in [-0.2, -0.15) is 0 Å². The Morgan fingerprint density at radius 2 is 1.41 bits per heavy atom. The fraction of sp³-hybridized carbons (Fsp3) is 0.100. The van der Waals surface area contributed by atoms with Crippen LogP contribution in [0.3, 0.4) is 0 Å². The molecule has 6 aromatic rings. The molecule has 0 atom stereocenters. The molecule has 0 spiro atoms. The zero-order valence-electron chi connectivity index (χ0n) is 21.0. The number of fused-ring (bicyclic) bond motifs is 4. The SMILES string of the molecule is [2H]C([2H])([2H])c1c[n+](C)c(-c2cc3oc4cc5ccccc5cc4c3cc2C)cc1-c1ccccc1. The fourth-order valence-electron chi connectivity index (χ4n) is 4.67. The van der Waals surface area contributed by atoms with Crippen molar-refractivity contribution in [2.45, 2.75) is 13.8 Å². The summed E-state index contributed by atoms with van der Waals surface area (Å²) in [5.41, 5.74) is 6.66. The van der Waals surface area contributed by atoms with Gasteiger partial charge in [0.25, 0.3) is 0 Å². The van der Waals surface area contributed by atoms with Crippen molar-refractivity contribution in [3.8, 4) is 22.4 Å². The standard InChI is InChI=1S/C30H24NO/c1-19-13-26-27-14-22-11-7-8-12-23(22)15-29(27)32-30(26)17-25(19)28-16-24(20(2)18-31(28)3)21-9-5-4-6-10-21/h4-18H,1-3H3/q+1/i2D3. The van der Waals surface area contributed by atoms with Crippen LogP contribution in [0.1, 0.15) is 15.2 Å². The highest BCUT2D eigenvalue weighted by molar-refractivity contribution is 6.11. The van der Waals surface area contributed by atoms with E-state index in [1.165, 1.54) is 5.39 Å². The molecule has 2 heteroatoms. The van der Waals surface area contributed by atoms with Crippen molar-refractivity contribution in [1.29, 1.82) is 0 Å². The zero-order chi connectivity index (χ0) is 24.3. The summed E-state index contributed by atoms with van der Waals surface area (Å²) < 4.78 is 32.6. The predicted octanol–water partition coefficient (Wildman–Crippen LogP) is 7.51. The highest BCUT2D eigenvalue weighted by Crippen LogP contribution is 2.36. The summed E-state index contributed by atoms with van der Waals surface area (Å²) in [5, 5.41) is 4.51. The monoisotopic (exact) mass is 417 g/mol. The number of hydrogen-bond acceptors (Lipinski definition) is 1. The average molecular weight is 418 g/mol. The number of nitrogens with zero attached hydrogens (tertiary/aromatic N) is 1. The Kier molecular flexibility index (Phi) is 3.49. The lowest BCUT2D eigenvalue weighted by Gasteiger charge is -2.10. The van der Waals surface area contributed by atoms with Crippen molar-refractivity contribution in [2.75, 3.05) is 0 Å². The Bertz CT molecular complexity index is 1750. The van der Waals surface area contributed by atoms with Crippen LogP contribution in [0.2, 0.25) is 0 Å². The lowest BCUT2D eigenvalue weighted by Crippen LogP contribution is -2.31. The van der Waals surface area contributed by atoms with Crippen molar-refractivity contribution in [3.63, 3.8) is 0 Å². The minimum Gasteiger partial charge on any atom is -0.456 e. The first kappa shape index (κ1) is 15.8. The van der Waals surface area contributed by atoms with Gasteiger partial charge in [-0.25, -0.2) is 4.57 Å². The van der Waals surface area contributed by atoms with E-state index in [1.54, 1.807) is 6.20 Å². The van der Waals surface area contributed by atoms with Gasteiger partial charge in [-0.15, -0.1) is 0 Å². The van der Waals surface area contributed by atoms with Gasteiger partial charge in [-0.1, -0.05) is 54.6 Å². The van der Waals surface area contributed by atoms with Crippen molar-refractivity contribution < 1.29 is 13.1 Å². The molecule has 32 heavy (non-hydrogen) atoms. The van der Waals surface area contributed by atoms with Crippen LogP contribution >= 0.6 is 0 Å². The first-order chi connectivity index (χ1) is 16.8. The van der Waals surface area contributed by atoms with Gasteiger partial charge in [0.1, 0.15) is 18.2 Å². The Hall–Kier alpha value is -3.91. The number of pyridine rings is 1. The number of hydrogen-bond donors (Lipinski definition) is 0. The molecule has 0 bridgehead atoms. The number of aryl methyl sites for hydroxylation is 3. The summed E-state index contributed by atoms with van der Waals surface area (Å²) >= 11 is 0. The first-order valence-corrected chi connectivity index (χ1v) is 10.8. The van der Waals surface area contributed by atoms with Gasteiger partial charge in [0, 0.05) is 26.5 Å². The third-order valence-corrected chi connectivity index (χ3v) is 6.32. The highest BCUT2D eigenvalue weighted by atomic mass is 16.3. The molecule has 0 saturated carbocycles. The molecular formula is C30H24NO+. The second kappa shape index (κ2) is 7.06. The number of furan rings is 1. The molecule has 2 aromatic heterocycles. The third-order valence-electron chi connectivity index (χ3n) is 6.32. The van der Waals surface area contributed by atoms with Crippen LogP contribution < -0.4 is 4.57 Å². The Morgan fingerprint density at radius 1 is 0.719 bits per heavy atom. The molecular weight excluding hydrogens is 390 g/mol. The normalized spacial score (nSPS) is 13.4. The van der Waals surface area contributed by atoms with Crippen molar-refractivity contribution in [3.05, 3.63) is 102 Å². The molecule has 0 radical (unpaired) electrons. The van der Waals surface area contributed by atoms with Gasteiger partial charge in [0.05, 0.1) is 5.56 Å². The zero-order valence-corrected chi connectivity index (χ0v) is 18.0. The van der Waals surface area contributed by atoms with Gasteiger partial charge < -0.3 is 4.42 Å². The second-order valence-corrected chi connectivity index (χ2v) is 8.42. The van der Waals surface area contributed by atoms with Crippen molar-refractivity contribution in [1.82, 2.24) is 0 Å². The summed E-state index contributed by atoms with van der Waals surface area (Å²) in [5.74, 6) is 0. The smallest absolute Gasteiger partial charge is 0.213 e. The van der Waals surface area contributed by atoms with Gasteiger partial charge in [-0.3, -0.25) is 0 Å². The molecule has 2 nitrogen and oxygen atoms in total. The van der Waals surface area contributed by atoms with Crippen molar-refractivity contribution in [2.24, 2.45) is 7.05 Å². The van der Waals surface area contributed by atoms with Crippen LogP contribution in [-0.4, -0.2) is 0 Å². The second-order valence-electron chi connectivity index (χ2n) is 8.42. The topological polar surface area (TPSA) is 17.0 Å². The van der Waals surface area contributed by atoms with E-state index < -0.39 is 6.85 Å². The maximum absolute atomic E-state index is 8.11. The third kappa shape index (κ3) is 2.91. The van der Waals surface area contributed by atoms with E-state index in [2.05, 4.69) is 43.3 Å². The quantitative estimate of drug-likeness (QED) is 0.266. The molecule has 154 valence electrons. The number of benzene rings is 4. The van der Waals surface area contributed by atoms with Crippen LogP contribution in [-0.2, 0) is 7.05 Å². The number of rotatable bonds is 2. The van der Waals surface area contributed by atoms with Gasteiger partial charge in [0.2, 0.25) is 5.69 Å². The van der Waals surface area contributed by atoms with Crippen LogP contribution in [0, 0.1) is 13.8 Å². The molecule has 0 aliphatic heterocycles. The molecule has 0 saturated heterocycles. The summed E-state index contributed by atoms with van der Waals surface area (Å²) in [4.78, 5) is 0. The highest BCUT2D eigenvalue weighted by Gasteiger charge is 2.19. The summed E-state index contributed by atoms with van der Waals surface area (Å²) in [7, 11) is 1.90. The molecule has 6 rings (SSSR count). The van der Waals surface area contributed by atoms with Crippen LogP contribution in [0.15, 0.2) is 95.5 Å². The summed E-state index contributed by atoms with van der Waals surface area (Å²) in [6.45, 7) is -0.129. The van der Waals surface area contributed by atoms with E-state index in [0.29, 0.717) is 11.1 Å². The van der Waals surface area contributed by atoms with E-state index in [4.69, 9.17) is 8.53 Å². The lowest BCUT2D eigenvalue weighted by molar-refractivity contribution is -0.660. The average Bonchev–Trinajstić information content (AvgIpc) is 3.18. The Balaban J connectivity index is 1.60. The Labute approximate surface area is 191 Å². The predicted molar refractivity (Wildman–Crippen MR) is 133 cm³/mol. The molecule has 0 N–H and O–H groups in total. The maximum atomic E-state index is 8.11. The maximum Gasteiger partial charge on any atom is 0.213 e. The van der Waals surface area contributed by atoms with E-state index in [1.807, 2.05) is 60.1 Å². The fourth-order valence-corrected chi connectivity index (χ4v) is 4.67. The van der Waals surface area contributed by atoms with Gasteiger partial charge >= 0.3 is 0 Å². The van der Waals surface area contributed by atoms with E-state index in [0.717, 1.165) is 49.7 Å². The van der Waals surface area contributed by atoms with E-state index in [9.17, 15) is 0 Å². The summed E-state index contributed by atoms with van der Waals surface area (Å²) in [6.07, 6.45) is 1.74. The first-order valence-electron chi connectivity index (χ1n) is 12.3. The summed E-state index contributed by atoms with van der Waals surface area (Å²) in [6, 6.07) is 28.5. The van der Waals surface area contributed by atoms with Crippen LogP contribution in [0.5, 0.6) is 0 Å². The van der Waals surface area contributed by atoms with Crippen LogP contribution in [0.4, 0.5) is 0 Å². The van der Waals surface area contributed by atoms with Crippen LogP contribution in [0.25, 0.3) is 55.1 Å². The van der Waals surface area contributed by atoms with E-state index >= 15 is 0 Å². The minimum atomic E-state index is -2.22. The molecule has 0 aliphatic carbocycles. The molecule has 0 amide bonds. The lowest BCUT2D eigenvalue weighted by atomic mass is 9.96. The number of aromatic nitrogens is 1. The molecule has 0 unspecified atom stereocenters. The van der Waals surface area contributed by atoms with Gasteiger partial charge in [0.15, 0.2) is 6.20 Å². The largest absolute Gasteiger partial charge is 0.456 e. The Morgan fingerprint density at radius 3 is 2.19 bits per heavy atom. The molecule has 2 heterocycles. The minimum absolute atomic E-state index is 0.337. The van der Waals surface area contributed by atoms with Crippen molar-refractivity contribution >= 4 is 32.7 Å². The van der Waals surface area contributed by atoms with E-state index in [-0.39, 0.29) is 0 Å². The molecule has 0 aliphatic rings. The van der Waals surface area contributed by atoms with Gasteiger partial charge in [-0.05, 0) is 65.5 Å².